The summed E-state index contributed by atoms with van der Waals surface area (Å²) < 4.78 is 10.9. The van der Waals surface area contributed by atoms with Crippen molar-refractivity contribution in [3.05, 3.63) is 0 Å². The van der Waals surface area contributed by atoms with Crippen LogP contribution in [0.25, 0.3) is 0 Å². The molecule has 1 rings (SSSR count). The van der Waals surface area contributed by atoms with Crippen molar-refractivity contribution < 1.29 is 14.3 Å². The van der Waals surface area contributed by atoms with E-state index in [4.69, 9.17) is 9.47 Å². The molecule has 0 aromatic rings. The highest BCUT2D eigenvalue weighted by atomic mass is 16.6. The van der Waals surface area contributed by atoms with Gasteiger partial charge in [0.15, 0.2) is 0 Å². The van der Waals surface area contributed by atoms with Gasteiger partial charge in [0.25, 0.3) is 0 Å². The number of carbonyl (C=O) groups excluding carboxylic acids is 1. The predicted molar refractivity (Wildman–Crippen MR) is 84.5 cm³/mol. The number of amides is 1. The maximum absolute atomic E-state index is 12.1. The summed E-state index contributed by atoms with van der Waals surface area (Å²) in [6.45, 7) is 12.2. The zero-order chi connectivity index (χ0) is 16.1. The van der Waals surface area contributed by atoms with Crippen molar-refractivity contribution in [2.75, 3.05) is 26.7 Å². The second-order valence-electron chi connectivity index (χ2n) is 7.44. The van der Waals surface area contributed by atoms with Gasteiger partial charge in [-0.2, -0.15) is 0 Å². The summed E-state index contributed by atoms with van der Waals surface area (Å²) in [7, 11) is 1.74. The highest BCUT2D eigenvalue weighted by Crippen LogP contribution is 2.16. The summed E-state index contributed by atoms with van der Waals surface area (Å²) in [5.74, 6) is 0. The molecule has 0 saturated carbocycles. The topological polar surface area (TPSA) is 50.8 Å². The minimum absolute atomic E-state index is 0.156. The molecule has 124 valence electrons. The minimum atomic E-state index is -0.427. The quantitative estimate of drug-likeness (QED) is 0.867. The van der Waals surface area contributed by atoms with Crippen LogP contribution < -0.4 is 5.32 Å². The summed E-state index contributed by atoms with van der Waals surface area (Å²) in [6.07, 6.45) is 2.85. The van der Waals surface area contributed by atoms with Crippen LogP contribution in [0.1, 0.15) is 53.9 Å². The fourth-order valence-corrected chi connectivity index (χ4v) is 2.27. The van der Waals surface area contributed by atoms with Crippen LogP contribution in [0.3, 0.4) is 0 Å². The van der Waals surface area contributed by atoms with Gasteiger partial charge in [0, 0.05) is 32.8 Å². The first-order valence-corrected chi connectivity index (χ1v) is 7.89. The monoisotopic (exact) mass is 300 g/mol. The Hall–Kier alpha value is -0.810. The molecule has 0 spiro atoms. The van der Waals surface area contributed by atoms with Crippen molar-refractivity contribution >= 4 is 6.09 Å². The van der Waals surface area contributed by atoms with Crippen LogP contribution in [0, 0.1) is 0 Å². The van der Waals surface area contributed by atoms with Crippen LogP contribution in [-0.2, 0) is 9.47 Å². The standard InChI is InChI=1S/C16H32N2O3/c1-15(2,3)21-14(19)18-10-7-8-13(9-11-18)17-12-16(4,5)20-6/h13,17H,7-12H2,1-6H3. The number of methoxy groups -OCH3 is 1. The number of nitrogens with one attached hydrogen (secondary N) is 1. The third-order valence-corrected chi connectivity index (χ3v) is 3.75. The van der Waals surface area contributed by atoms with Gasteiger partial charge in [-0.05, 0) is 53.9 Å². The normalized spacial score (nSPS) is 21.0. The number of hydrogen-bond donors (Lipinski definition) is 1. The number of ether oxygens (including phenoxy) is 2. The van der Waals surface area contributed by atoms with Gasteiger partial charge in [0.1, 0.15) is 5.60 Å². The van der Waals surface area contributed by atoms with Crippen LogP contribution in [0.5, 0.6) is 0 Å². The summed E-state index contributed by atoms with van der Waals surface area (Å²) >= 11 is 0. The molecule has 0 radical (unpaired) electrons. The molecule has 1 heterocycles. The molecule has 21 heavy (non-hydrogen) atoms. The van der Waals surface area contributed by atoms with Gasteiger partial charge in [-0.1, -0.05) is 0 Å². The van der Waals surface area contributed by atoms with E-state index in [-0.39, 0.29) is 11.7 Å². The van der Waals surface area contributed by atoms with E-state index in [1.807, 2.05) is 25.7 Å². The van der Waals surface area contributed by atoms with Crippen LogP contribution in [0.2, 0.25) is 0 Å². The van der Waals surface area contributed by atoms with Gasteiger partial charge in [-0.3, -0.25) is 0 Å². The number of carbonyl (C=O) groups is 1. The number of nitrogens with zero attached hydrogens (tertiary/aromatic N) is 1. The third-order valence-electron chi connectivity index (χ3n) is 3.75. The molecular weight excluding hydrogens is 268 g/mol. The summed E-state index contributed by atoms with van der Waals surface area (Å²) in [5, 5.41) is 3.56. The lowest BCUT2D eigenvalue weighted by Gasteiger charge is -2.27. The molecule has 0 aliphatic carbocycles. The van der Waals surface area contributed by atoms with Crippen molar-refractivity contribution in [2.45, 2.75) is 71.1 Å². The maximum atomic E-state index is 12.1. The van der Waals surface area contributed by atoms with E-state index in [1.165, 1.54) is 0 Å². The van der Waals surface area contributed by atoms with Crippen LogP contribution >= 0.6 is 0 Å². The Bertz CT molecular complexity index is 337. The zero-order valence-corrected chi connectivity index (χ0v) is 14.5. The first-order chi connectivity index (χ1) is 9.63. The molecule has 5 nitrogen and oxygen atoms in total. The Kier molecular flexibility index (Phi) is 6.47. The Morgan fingerprint density at radius 1 is 1.19 bits per heavy atom. The highest BCUT2D eigenvalue weighted by molar-refractivity contribution is 5.68. The molecule has 1 amide bonds. The van der Waals surface area contributed by atoms with E-state index in [0.29, 0.717) is 6.04 Å². The maximum Gasteiger partial charge on any atom is 0.410 e. The molecule has 1 N–H and O–H groups in total. The van der Waals surface area contributed by atoms with Gasteiger partial charge < -0.3 is 19.7 Å². The van der Waals surface area contributed by atoms with E-state index >= 15 is 0 Å². The van der Waals surface area contributed by atoms with Gasteiger partial charge in [0.05, 0.1) is 5.60 Å². The summed E-state index contributed by atoms with van der Waals surface area (Å²) in [6, 6.07) is 0.437. The van der Waals surface area contributed by atoms with E-state index in [2.05, 4.69) is 19.2 Å². The van der Waals surface area contributed by atoms with Gasteiger partial charge in [-0.25, -0.2) is 4.79 Å². The van der Waals surface area contributed by atoms with Crippen LogP contribution in [-0.4, -0.2) is 55.0 Å². The van der Waals surface area contributed by atoms with Gasteiger partial charge >= 0.3 is 6.09 Å². The molecule has 1 fully saturated rings. The van der Waals surface area contributed by atoms with Crippen LogP contribution in [0.4, 0.5) is 4.79 Å². The number of likely N-dealkylation sites (tertiary alicyclic amines) is 1. The SMILES string of the molecule is COC(C)(C)CNC1CCCN(C(=O)OC(C)(C)C)CC1. The van der Waals surface area contributed by atoms with Crippen molar-refractivity contribution in [1.29, 1.82) is 0 Å². The number of hydrogen-bond acceptors (Lipinski definition) is 4. The van der Waals surface area contributed by atoms with Crippen molar-refractivity contribution in [2.24, 2.45) is 0 Å². The zero-order valence-electron chi connectivity index (χ0n) is 14.5. The lowest BCUT2D eigenvalue weighted by molar-refractivity contribution is 0.0197. The largest absolute Gasteiger partial charge is 0.444 e. The Morgan fingerprint density at radius 3 is 2.43 bits per heavy atom. The lowest BCUT2D eigenvalue weighted by atomic mass is 10.1. The smallest absolute Gasteiger partial charge is 0.410 e. The first kappa shape index (κ1) is 18.2. The van der Waals surface area contributed by atoms with Crippen molar-refractivity contribution in [1.82, 2.24) is 10.2 Å². The second kappa shape index (κ2) is 7.45. The average molecular weight is 300 g/mol. The van der Waals surface area contributed by atoms with E-state index in [9.17, 15) is 4.79 Å². The molecule has 1 saturated heterocycles. The number of rotatable bonds is 4. The van der Waals surface area contributed by atoms with E-state index in [1.54, 1.807) is 7.11 Å². The molecule has 0 aromatic carbocycles. The minimum Gasteiger partial charge on any atom is -0.444 e. The molecule has 1 aliphatic heterocycles. The fourth-order valence-electron chi connectivity index (χ4n) is 2.27. The predicted octanol–water partition coefficient (Wildman–Crippen LogP) is 2.79. The molecule has 0 bridgehead atoms. The van der Waals surface area contributed by atoms with Crippen molar-refractivity contribution in [3.8, 4) is 0 Å². The average Bonchev–Trinajstić information content (AvgIpc) is 2.60. The summed E-state index contributed by atoms with van der Waals surface area (Å²) in [4.78, 5) is 13.9. The van der Waals surface area contributed by atoms with Gasteiger partial charge in [0.2, 0.25) is 0 Å². The first-order valence-electron chi connectivity index (χ1n) is 7.89. The Morgan fingerprint density at radius 2 is 1.86 bits per heavy atom. The molecule has 1 unspecified atom stereocenters. The third kappa shape index (κ3) is 7.14. The Balaban J connectivity index is 2.42. The van der Waals surface area contributed by atoms with Gasteiger partial charge in [-0.15, -0.1) is 0 Å². The molecular formula is C16H32N2O3. The molecule has 1 atom stereocenters. The highest BCUT2D eigenvalue weighted by Gasteiger charge is 2.26. The molecule has 0 aromatic heterocycles. The lowest BCUT2D eigenvalue weighted by Crippen LogP contribution is -2.42. The van der Waals surface area contributed by atoms with E-state index in [0.717, 1.165) is 38.9 Å². The second-order valence-corrected chi connectivity index (χ2v) is 7.44. The molecule has 5 heteroatoms. The molecule has 1 aliphatic rings. The van der Waals surface area contributed by atoms with Crippen molar-refractivity contribution in [3.63, 3.8) is 0 Å². The fraction of sp³-hybridized carbons (Fsp3) is 0.938. The Labute approximate surface area is 129 Å². The van der Waals surface area contributed by atoms with E-state index < -0.39 is 5.60 Å². The summed E-state index contributed by atoms with van der Waals surface area (Å²) in [5.41, 5.74) is -0.583. The van der Waals surface area contributed by atoms with Crippen LogP contribution in [0.15, 0.2) is 0 Å².